The number of ether oxygens (including phenoxy) is 1. The number of carbonyl (C=O) groups is 2. The van der Waals surface area contributed by atoms with Gasteiger partial charge in [-0.3, -0.25) is 4.79 Å². The van der Waals surface area contributed by atoms with Crippen LogP contribution in [-0.4, -0.2) is 18.5 Å². The Kier molecular flexibility index (Phi) is 7.24. The number of esters is 1. The van der Waals surface area contributed by atoms with Crippen LogP contribution in [0.4, 0.5) is 11.4 Å². The van der Waals surface area contributed by atoms with Crippen LogP contribution in [0.3, 0.4) is 0 Å². The number of nitrogens with one attached hydrogen (secondary N) is 2. The van der Waals surface area contributed by atoms with Crippen molar-refractivity contribution < 1.29 is 14.3 Å². The van der Waals surface area contributed by atoms with Crippen LogP contribution in [0.5, 0.6) is 0 Å². The van der Waals surface area contributed by atoms with Gasteiger partial charge < -0.3 is 15.4 Å². The molecule has 0 fully saturated rings. The third kappa shape index (κ3) is 5.48. The minimum atomic E-state index is -0.695. The van der Waals surface area contributed by atoms with Gasteiger partial charge in [0, 0.05) is 11.2 Å². The topological polar surface area (TPSA) is 91.2 Å². The van der Waals surface area contributed by atoms with Crippen molar-refractivity contribution in [3.8, 4) is 6.07 Å². The quantitative estimate of drug-likeness (QED) is 0.416. The third-order valence-electron chi connectivity index (χ3n) is 3.34. The fourth-order valence-electron chi connectivity index (χ4n) is 2.08. The van der Waals surface area contributed by atoms with E-state index in [4.69, 9.17) is 27.9 Å². The molecule has 0 spiro atoms. The first-order chi connectivity index (χ1) is 13.0. The van der Waals surface area contributed by atoms with Crippen LogP contribution in [0.15, 0.2) is 54.2 Å². The van der Waals surface area contributed by atoms with E-state index >= 15 is 0 Å². The second-order valence-corrected chi connectivity index (χ2v) is 6.00. The van der Waals surface area contributed by atoms with Crippen molar-refractivity contribution in [2.75, 3.05) is 17.2 Å². The number of hydrogen-bond acceptors (Lipinski definition) is 5. The van der Waals surface area contributed by atoms with Crippen LogP contribution in [0, 0.1) is 11.3 Å². The number of benzene rings is 2. The zero-order valence-electron chi connectivity index (χ0n) is 14.3. The molecule has 0 atom stereocenters. The summed E-state index contributed by atoms with van der Waals surface area (Å²) in [4.78, 5) is 24.4. The Balaban J connectivity index is 2.20. The maximum atomic E-state index is 12.4. The van der Waals surface area contributed by atoms with Crippen molar-refractivity contribution in [2.24, 2.45) is 0 Å². The van der Waals surface area contributed by atoms with Gasteiger partial charge in [-0.15, -0.1) is 0 Å². The molecule has 0 saturated carbocycles. The molecule has 0 aliphatic rings. The standard InChI is InChI=1S/C19H15Cl2N3O3/c1-2-27-19(26)14-5-3-4-6-16(14)24-18(25)12(10-22)11-23-17-9-13(20)7-8-15(17)21/h3-9,11,23H,2H2,1H3,(H,24,25)/b12-11-. The molecule has 0 aliphatic heterocycles. The summed E-state index contributed by atoms with van der Waals surface area (Å²) in [6.07, 6.45) is 1.21. The summed E-state index contributed by atoms with van der Waals surface area (Å²) < 4.78 is 4.96. The molecule has 0 unspecified atom stereocenters. The number of nitrogens with zero attached hydrogens (tertiary/aromatic N) is 1. The molecule has 2 N–H and O–H groups in total. The number of carbonyl (C=O) groups excluding carboxylic acids is 2. The molecule has 138 valence electrons. The van der Waals surface area contributed by atoms with Gasteiger partial charge in [0.15, 0.2) is 0 Å². The Hall–Kier alpha value is -3.01. The zero-order chi connectivity index (χ0) is 19.8. The number of hydrogen-bond donors (Lipinski definition) is 2. The predicted molar refractivity (Wildman–Crippen MR) is 105 cm³/mol. The first-order valence-electron chi connectivity index (χ1n) is 7.85. The molecule has 2 aromatic rings. The van der Waals surface area contributed by atoms with E-state index in [0.717, 1.165) is 0 Å². The second kappa shape index (κ2) is 9.62. The third-order valence-corrected chi connectivity index (χ3v) is 3.90. The Labute approximate surface area is 166 Å². The van der Waals surface area contributed by atoms with Crippen LogP contribution in [0.25, 0.3) is 0 Å². The number of rotatable bonds is 6. The number of nitriles is 1. The van der Waals surface area contributed by atoms with Crippen molar-refractivity contribution in [2.45, 2.75) is 6.92 Å². The zero-order valence-corrected chi connectivity index (χ0v) is 15.8. The summed E-state index contributed by atoms with van der Waals surface area (Å²) in [5.41, 5.74) is 0.653. The van der Waals surface area contributed by atoms with Gasteiger partial charge in [-0.05, 0) is 37.3 Å². The number of amides is 1. The summed E-state index contributed by atoms with van der Waals surface area (Å²) in [6, 6.07) is 12.9. The highest BCUT2D eigenvalue weighted by atomic mass is 35.5. The van der Waals surface area contributed by atoms with Crippen LogP contribution >= 0.6 is 23.2 Å². The van der Waals surface area contributed by atoms with Crippen molar-refractivity contribution in [1.29, 1.82) is 5.26 Å². The van der Waals surface area contributed by atoms with Gasteiger partial charge in [0.05, 0.1) is 28.6 Å². The van der Waals surface area contributed by atoms with Gasteiger partial charge in [-0.2, -0.15) is 5.26 Å². The SMILES string of the molecule is CCOC(=O)c1ccccc1NC(=O)/C(C#N)=C\Nc1cc(Cl)ccc1Cl. The summed E-state index contributed by atoms with van der Waals surface area (Å²) >= 11 is 11.9. The van der Waals surface area contributed by atoms with E-state index < -0.39 is 11.9 Å². The number of para-hydroxylation sites is 1. The Bertz CT molecular complexity index is 936. The highest BCUT2D eigenvalue weighted by Gasteiger charge is 2.16. The fourth-order valence-corrected chi connectivity index (χ4v) is 2.42. The predicted octanol–water partition coefficient (Wildman–Crippen LogP) is 4.63. The van der Waals surface area contributed by atoms with Crippen molar-refractivity contribution in [3.63, 3.8) is 0 Å². The van der Waals surface area contributed by atoms with Gasteiger partial charge in [0.25, 0.3) is 5.91 Å². The van der Waals surface area contributed by atoms with Crippen LogP contribution in [0.2, 0.25) is 10.0 Å². The molecule has 0 aliphatic carbocycles. The molecule has 2 rings (SSSR count). The summed E-state index contributed by atoms with van der Waals surface area (Å²) in [6.45, 7) is 1.89. The fraction of sp³-hybridized carbons (Fsp3) is 0.105. The highest BCUT2D eigenvalue weighted by Crippen LogP contribution is 2.25. The first kappa shape index (κ1) is 20.3. The number of halogens is 2. The molecule has 27 heavy (non-hydrogen) atoms. The largest absolute Gasteiger partial charge is 0.462 e. The molecule has 2 aromatic carbocycles. The van der Waals surface area contributed by atoms with Crippen molar-refractivity contribution in [1.82, 2.24) is 0 Å². The van der Waals surface area contributed by atoms with Gasteiger partial charge in [0.2, 0.25) is 0 Å². The van der Waals surface area contributed by atoms with Crippen molar-refractivity contribution >= 4 is 46.5 Å². The molecule has 0 bridgehead atoms. The monoisotopic (exact) mass is 403 g/mol. The highest BCUT2D eigenvalue weighted by molar-refractivity contribution is 6.35. The molecule has 0 saturated heterocycles. The summed E-state index contributed by atoms with van der Waals surface area (Å²) in [7, 11) is 0. The van der Waals surface area contributed by atoms with E-state index in [-0.39, 0.29) is 23.4 Å². The molecular formula is C19H15Cl2N3O3. The molecule has 0 radical (unpaired) electrons. The summed E-state index contributed by atoms with van der Waals surface area (Å²) in [5.74, 6) is -1.26. The van der Waals surface area contributed by atoms with E-state index in [1.54, 1.807) is 49.4 Å². The van der Waals surface area contributed by atoms with E-state index in [2.05, 4.69) is 10.6 Å². The van der Waals surface area contributed by atoms with E-state index in [9.17, 15) is 14.9 Å². The van der Waals surface area contributed by atoms with Gasteiger partial charge in [0.1, 0.15) is 11.6 Å². The summed E-state index contributed by atoms with van der Waals surface area (Å²) in [5, 5.41) is 15.4. The van der Waals surface area contributed by atoms with Crippen molar-refractivity contribution in [3.05, 3.63) is 69.8 Å². The average molecular weight is 404 g/mol. The minimum absolute atomic E-state index is 0.191. The molecule has 6 nitrogen and oxygen atoms in total. The Morgan fingerprint density at radius 3 is 2.63 bits per heavy atom. The lowest BCUT2D eigenvalue weighted by molar-refractivity contribution is -0.112. The maximum Gasteiger partial charge on any atom is 0.340 e. The smallest absolute Gasteiger partial charge is 0.340 e. The molecule has 8 heteroatoms. The number of anilines is 2. The van der Waals surface area contributed by atoms with Crippen LogP contribution in [-0.2, 0) is 9.53 Å². The molecule has 0 aromatic heterocycles. The minimum Gasteiger partial charge on any atom is -0.462 e. The molecular weight excluding hydrogens is 389 g/mol. The van der Waals surface area contributed by atoms with Gasteiger partial charge >= 0.3 is 5.97 Å². The molecule has 0 heterocycles. The van der Waals surface area contributed by atoms with Crippen LogP contribution in [0.1, 0.15) is 17.3 Å². The lowest BCUT2D eigenvalue weighted by atomic mass is 10.1. The van der Waals surface area contributed by atoms with E-state index in [0.29, 0.717) is 15.7 Å². The van der Waals surface area contributed by atoms with Gasteiger partial charge in [-0.1, -0.05) is 35.3 Å². The van der Waals surface area contributed by atoms with Gasteiger partial charge in [-0.25, -0.2) is 4.79 Å². The lowest BCUT2D eigenvalue weighted by Crippen LogP contribution is -2.17. The normalized spacial score (nSPS) is 10.7. The average Bonchev–Trinajstić information content (AvgIpc) is 2.65. The second-order valence-electron chi connectivity index (χ2n) is 5.16. The Morgan fingerprint density at radius 2 is 1.93 bits per heavy atom. The van der Waals surface area contributed by atoms with E-state index in [1.165, 1.54) is 12.3 Å². The Morgan fingerprint density at radius 1 is 1.19 bits per heavy atom. The lowest BCUT2D eigenvalue weighted by Gasteiger charge is -2.10. The first-order valence-corrected chi connectivity index (χ1v) is 8.61. The van der Waals surface area contributed by atoms with E-state index in [1.807, 2.05) is 0 Å². The molecule has 1 amide bonds. The van der Waals surface area contributed by atoms with Crippen LogP contribution < -0.4 is 10.6 Å². The maximum absolute atomic E-state index is 12.4.